The standard InChI is InChI=1S/C27H21N3O2S2/c1-32-23-14-8-11-20(15-23)25-21(18-30(28-25)22-12-6-3-7-13-22)16-24-26(31)29(27(33)34-24)17-19-9-4-2-5-10-19/h2-16,18H,17H2,1H3. The molecule has 2 heterocycles. The third kappa shape index (κ3) is 4.53. The highest BCUT2D eigenvalue weighted by Crippen LogP contribution is 2.36. The second-order valence-corrected chi connectivity index (χ2v) is 9.37. The van der Waals surface area contributed by atoms with Gasteiger partial charge >= 0.3 is 0 Å². The predicted molar refractivity (Wildman–Crippen MR) is 141 cm³/mol. The normalized spacial score (nSPS) is 14.7. The minimum Gasteiger partial charge on any atom is -0.497 e. The Morgan fingerprint density at radius 3 is 2.47 bits per heavy atom. The first-order chi connectivity index (χ1) is 16.6. The highest BCUT2D eigenvalue weighted by atomic mass is 32.2. The molecule has 0 bridgehead atoms. The summed E-state index contributed by atoms with van der Waals surface area (Å²) >= 11 is 6.86. The Morgan fingerprint density at radius 1 is 1.00 bits per heavy atom. The molecule has 0 radical (unpaired) electrons. The van der Waals surface area contributed by atoms with E-state index in [2.05, 4.69) is 0 Å². The number of hydrogen-bond donors (Lipinski definition) is 0. The molecular formula is C27H21N3O2S2. The van der Waals surface area contributed by atoms with Crippen LogP contribution in [0.1, 0.15) is 11.1 Å². The number of ether oxygens (including phenoxy) is 1. The van der Waals surface area contributed by atoms with Crippen molar-refractivity contribution < 1.29 is 9.53 Å². The minimum atomic E-state index is -0.0945. The van der Waals surface area contributed by atoms with E-state index in [1.54, 1.807) is 12.0 Å². The van der Waals surface area contributed by atoms with Gasteiger partial charge in [0.05, 0.1) is 24.2 Å². The number of nitrogens with zero attached hydrogens (tertiary/aromatic N) is 3. The molecule has 4 aromatic rings. The van der Waals surface area contributed by atoms with Crippen molar-refractivity contribution in [2.75, 3.05) is 7.11 Å². The van der Waals surface area contributed by atoms with Crippen LogP contribution in [-0.2, 0) is 11.3 Å². The first-order valence-corrected chi connectivity index (χ1v) is 11.9. The molecular weight excluding hydrogens is 462 g/mol. The lowest BCUT2D eigenvalue weighted by Crippen LogP contribution is -2.27. The van der Waals surface area contributed by atoms with Crippen LogP contribution in [0.3, 0.4) is 0 Å². The predicted octanol–water partition coefficient (Wildman–Crippen LogP) is 5.95. The van der Waals surface area contributed by atoms with E-state index in [9.17, 15) is 4.79 Å². The molecule has 0 N–H and O–H groups in total. The summed E-state index contributed by atoms with van der Waals surface area (Å²) in [6.07, 6.45) is 3.82. The van der Waals surface area contributed by atoms with Crippen LogP contribution in [0, 0.1) is 0 Å². The molecule has 5 rings (SSSR count). The van der Waals surface area contributed by atoms with Gasteiger partial charge in [-0.05, 0) is 35.9 Å². The fraction of sp³-hybridized carbons (Fsp3) is 0.0741. The summed E-state index contributed by atoms with van der Waals surface area (Å²) in [6.45, 7) is 0.453. The van der Waals surface area contributed by atoms with Crippen LogP contribution in [-0.4, -0.2) is 32.0 Å². The number of thiocarbonyl (C=S) groups is 1. The van der Waals surface area contributed by atoms with Crippen LogP contribution in [0.15, 0.2) is 96.0 Å². The zero-order valence-corrected chi connectivity index (χ0v) is 20.1. The highest BCUT2D eigenvalue weighted by molar-refractivity contribution is 8.26. The van der Waals surface area contributed by atoms with Gasteiger partial charge in [-0.2, -0.15) is 5.10 Å². The number of methoxy groups -OCH3 is 1. The third-order valence-electron chi connectivity index (χ3n) is 5.45. The van der Waals surface area contributed by atoms with Gasteiger partial charge < -0.3 is 4.74 Å². The van der Waals surface area contributed by atoms with E-state index in [0.29, 0.717) is 15.8 Å². The number of amides is 1. The number of carbonyl (C=O) groups excluding carboxylic acids is 1. The summed E-state index contributed by atoms with van der Waals surface area (Å²) in [4.78, 5) is 15.5. The summed E-state index contributed by atoms with van der Waals surface area (Å²) < 4.78 is 7.79. The van der Waals surface area contributed by atoms with Crippen LogP contribution >= 0.6 is 24.0 Å². The van der Waals surface area contributed by atoms with Crippen LogP contribution < -0.4 is 4.74 Å². The van der Waals surface area contributed by atoms with E-state index in [1.807, 2.05) is 102 Å². The van der Waals surface area contributed by atoms with Gasteiger partial charge in [-0.25, -0.2) is 4.68 Å². The number of benzene rings is 3. The van der Waals surface area contributed by atoms with Gasteiger partial charge in [0.15, 0.2) is 0 Å². The first-order valence-electron chi connectivity index (χ1n) is 10.7. The maximum atomic E-state index is 13.3. The Morgan fingerprint density at radius 2 is 1.74 bits per heavy atom. The number of hydrogen-bond acceptors (Lipinski definition) is 5. The van der Waals surface area contributed by atoms with Crippen molar-refractivity contribution in [3.63, 3.8) is 0 Å². The molecule has 0 saturated carbocycles. The average Bonchev–Trinajstić information content (AvgIpc) is 3.42. The van der Waals surface area contributed by atoms with Crippen molar-refractivity contribution >= 4 is 40.3 Å². The van der Waals surface area contributed by atoms with E-state index in [0.717, 1.165) is 33.8 Å². The number of para-hydroxylation sites is 1. The van der Waals surface area contributed by atoms with Gasteiger partial charge in [0, 0.05) is 17.3 Å². The van der Waals surface area contributed by atoms with Crippen LogP contribution in [0.4, 0.5) is 0 Å². The van der Waals surface area contributed by atoms with Crippen LogP contribution in [0.5, 0.6) is 5.75 Å². The lowest BCUT2D eigenvalue weighted by Gasteiger charge is -2.14. The second kappa shape index (κ2) is 9.67. The monoisotopic (exact) mass is 483 g/mol. The van der Waals surface area contributed by atoms with Gasteiger partial charge in [-0.3, -0.25) is 9.69 Å². The van der Waals surface area contributed by atoms with E-state index < -0.39 is 0 Å². The SMILES string of the molecule is COc1cccc(-c2nn(-c3ccccc3)cc2C=C2SC(=S)N(Cc3ccccc3)C2=O)c1. The molecule has 5 nitrogen and oxygen atoms in total. The molecule has 1 aromatic heterocycles. The van der Waals surface area contributed by atoms with Crippen molar-refractivity contribution in [1.29, 1.82) is 0 Å². The van der Waals surface area contributed by atoms with Crippen LogP contribution in [0.2, 0.25) is 0 Å². The smallest absolute Gasteiger partial charge is 0.266 e. The lowest BCUT2D eigenvalue weighted by molar-refractivity contribution is -0.122. The molecule has 168 valence electrons. The minimum absolute atomic E-state index is 0.0945. The van der Waals surface area contributed by atoms with Gasteiger partial charge in [-0.1, -0.05) is 84.6 Å². The Hall–Kier alpha value is -3.68. The fourth-order valence-corrected chi connectivity index (χ4v) is 4.99. The van der Waals surface area contributed by atoms with Gasteiger partial charge in [-0.15, -0.1) is 0 Å². The first kappa shape index (κ1) is 22.1. The Labute approximate surface area is 207 Å². The number of rotatable bonds is 6. The van der Waals surface area contributed by atoms with E-state index in [1.165, 1.54) is 11.8 Å². The summed E-state index contributed by atoms with van der Waals surface area (Å²) in [5.41, 5.74) is 4.46. The van der Waals surface area contributed by atoms with Crippen molar-refractivity contribution in [3.8, 4) is 22.7 Å². The molecule has 0 atom stereocenters. The van der Waals surface area contributed by atoms with Crippen LogP contribution in [0.25, 0.3) is 23.0 Å². The molecule has 1 aliphatic rings. The Kier molecular flexibility index (Phi) is 6.29. The zero-order chi connectivity index (χ0) is 23.5. The van der Waals surface area contributed by atoms with E-state index in [4.69, 9.17) is 22.1 Å². The number of aromatic nitrogens is 2. The van der Waals surface area contributed by atoms with E-state index >= 15 is 0 Å². The topological polar surface area (TPSA) is 47.4 Å². The van der Waals surface area contributed by atoms with Crippen molar-refractivity contribution in [2.24, 2.45) is 0 Å². The molecule has 3 aromatic carbocycles. The molecule has 1 fully saturated rings. The summed E-state index contributed by atoms with van der Waals surface area (Å²) in [6, 6.07) is 27.5. The Bertz CT molecular complexity index is 1380. The van der Waals surface area contributed by atoms with Crippen molar-refractivity contribution in [3.05, 3.63) is 107 Å². The Balaban J connectivity index is 1.54. The second-order valence-electron chi connectivity index (χ2n) is 7.70. The fourth-order valence-electron chi connectivity index (χ4n) is 3.74. The zero-order valence-electron chi connectivity index (χ0n) is 18.4. The summed E-state index contributed by atoms with van der Waals surface area (Å²) in [5.74, 6) is 0.648. The third-order valence-corrected chi connectivity index (χ3v) is 6.83. The summed E-state index contributed by atoms with van der Waals surface area (Å²) in [7, 11) is 1.64. The van der Waals surface area contributed by atoms with Gasteiger partial charge in [0.25, 0.3) is 5.91 Å². The van der Waals surface area contributed by atoms with Gasteiger partial charge in [0.2, 0.25) is 0 Å². The molecule has 1 saturated heterocycles. The number of thioether (sulfide) groups is 1. The van der Waals surface area contributed by atoms with Crippen molar-refractivity contribution in [2.45, 2.75) is 6.54 Å². The maximum Gasteiger partial charge on any atom is 0.266 e. The highest BCUT2D eigenvalue weighted by Gasteiger charge is 2.32. The molecule has 1 aliphatic heterocycles. The lowest BCUT2D eigenvalue weighted by atomic mass is 10.1. The molecule has 0 aliphatic carbocycles. The summed E-state index contributed by atoms with van der Waals surface area (Å²) in [5, 5.41) is 4.85. The molecule has 34 heavy (non-hydrogen) atoms. The largest absolute Gasteiger partial charge is 0.497 e. The van der Waals surface area contributed by atoms with Crippen molar-refractivity contribution in [1.82, 2.24) is 14.7 Å². The maximum absolute atomic E-state index is 13.3. The number of carbonyl (C=O) groups is 1. The molecule has 0 spiro atoms. The molecule has 1 amide bonds. The molecule has 0 unspecified atom stereocenters. The molecule has 7 heteroatoms. The van der Waals surface area contributed by atoms with E-state index in [-0.39, 0.29) is 5.91 Å². The quantitative estimate of drug-likeness (QED) is 0.251. The van der Waals surface area contributed by atoms with Gasteiger partial charge in [0.1, 0.15) is 15.8 Å². The average molecular weight is 484 g/mol.